The van der Waals surface area contributed by atoms with Crippen LogP contribution in [-0.2, 0) is 4.79 Å². The number of para-hydroxylation sites is 2. The van der Waals surface area contributed by atoms with Crippen molar-refractivity contribution in [1.29, 1.82) is 0 Å². The number of aliphatic carboxylic acids is 1. The molecule has 0 amide bonds. The minimum Gasteiger partial charge on any atom is -0.492 e. The van der Waals surface area contributed by atoms with Crippen molar-refractivity contribution in [3.05, 3.63) is 53.0 Å². The highest BCUT2D eigenvalue weighted by Gasteiger charge is 2.14. The van der Waals surface area contributed by atoms with Crippen molar-refractivity contribution in [2.45, 2.75) is 6.92 Å². The molecule has 0 bridgehead atoms. The summed E-state index contributed by atoms with van der Waals surface area (Å²) in [4.78, 5) is 16.6. The minimum atomic E-state index is -0.873. The molecule has 1 N–H and O–H groups in total. The van der Waals surface area contributed by atoms with E-state index in [1.54, 1.807) is 7.11 Å². The molecule has 3 aromatic rings. The third kappa shape index (κ3) is 4.61. The van der Waals surface area contributed by atoms with E-state index in [0.717, 1.165) is 25.7 Å². The molecular formula is C20H19NO4S2. The van der Waals surface area contributed by atoms with Crippen LogP contribution in [0.25, 0.3) is 21.2 Å². The molecule has 7 heteroatoms. The predicted octanol–water partition coefficient (Wildman–Crippen LogP) is 5.02. The first kappa shape index (κ1) is 19.3. The Bertz CT molecular complexity index is 948. The third-order valence-electron chi connectivity index (χ3n) is 3.66. The number of benzene rings is 2. The highest BCUT2D eigenvalue weighted by molar-refractivity contribution is 8.09. The highest BCUT2D eigenvalue weighted by Crippen LogP contribution is 2.39. The number of carboxylic acid groups (broad SMARTS) is 1. The summed E-state index contributed by atoms with van der Waals surface area (Å²) in [6.07, 6.45) is 1.91. The van der Waals surface area contributed by atoms with Crippen molar-refractivity contribution in [2.75, 3.05) is 19.5 Å². The summed E-state index contributed by atoms with van der Waals surface area (Å²) in [5.74, 6) is 0.353. The second-order valence-electron chi connectivity index (χ2n) is 5.49. The number of aromatic nitrogens is 1. The number of thioether (sulfide) groups is 1. The monoisotopic (exact) mass is 401 g/mol. The molecule has 0 aliphatic carbocycles. The molecule has 0 aliphatic heterocycles. The molecular weight excluding hydrogens is 382 g/mol. The molecule has 0 unspecified atom stereocenters. The summed E-state index contributed by atoms with van der Waals surface area (Å²) in [5.41, 5.74) is 1.71. The number of thiazole rings is 1. The maximum atomic E-state index is 11.1. The molecule has 0 atom stereocenters. The molecule has 1 heterocycles. The third-order valence-corrected chi connectivity index (χ3v) is 5.87. The van der Waals surface area contributed by atoms with Gasteiger partial charge < -0.3 is 14.6 Å². The number of methoxy groups -OCH3 is 1. The van der Waals surface area contributed by atoms with Crippen molar-refractivity contribution < 1.29 is 19.4 Å². The zero-order chi connectivity index (χ0) is 19.2. The molecule has 0 fully saturated rings. The number of nitrogens with zero attached hydrogens (tertiary/aromatic N) is 1. The van der Waals surface area contributed by atoms with Gasteiger partial charge in [0.2, 0.25) is 0 Å². The van der Waals surface area contributed by atoms with Crippen LogP contribution >= 0.6 is 23.1 Å². The van der Waals surface area contributed by atoms with E-state index in [1.807, 2.05) is 55.5 Å². The van der Waals surface area contributed by atoms with Crippen molar-refractivity contribution in [1.82, 2.24) is 4.98 Å². The maximum absolute atomic E-state index is 11.1. The second kappa shape index (κ2) is 8.92. The van der Waals surface area contributed by atoms with Gasteiger partial charge in [0, 0.05) is 10.5 Å². The first-order valence-corrected chi connectivity index (χ1v) is 10.1. The number of carbonyl (C=O) groups is 1. The Morgan fingerprint density at radius 1 is 1.26 bits per heavy atom. The number of ether oxygens (including phenoxy) is 2. The molecule has 27 heavy (non-hydrogen) atoms. The van der Waals surface area contributed by atoms with Crippen molar-refractivity contribution in [3.8, 4) is 11.5 Å². The smallest absolute Gasteiger partial charge is 0.313 e. The number of fused-ring (bicyclic) bond motifs is 1. The lowest BCUT2D eigenvalue weighted by Gasteiger charge is -2.12. The van der Waals surface area contributed by atoms with Crippen LogP contribution in [0.5, 0.6) is 11.5 Å². The summed E-state index contributed by atoms with van der Waals surface area (Å²) in [6, 6.07) is 13.5. The van der Waals surface area contributed by atoms with E-state index in [4.69, 9.17) is 14.6 Å². The lowest BCUT2D eigenvalue weighted by atomic mass is 10.1. The molecule has 0 saturated heterocycles. The van der Waals surface area contributed by atoms with Gasteiger partial charge in [-0.2, -0.15) is 0 Å². The van der Waals surface area contributed by atoms with Gasteiger partial charge in [0.15, 0.2) is 11.5 Å². The van der Waals surface area contributed by atoms with Crippen LogP contribution in [0, 0.1) is 0 Å². The lowest BCUT2D eigenvalue weighted by molar-refractivity contribution is -0.133. The minimum absolute atomic E-state index is 0.0464. The Labute approximate surface area is 165 Å². The SMILES string of the molecule is CCOc1cccc(/C=C(\SCC(=O)O)c2nc3ccccc3s2)c1OC. The standard InChI is InChI=1S/C20H19NO4S2/c1-3-25-15-9-6-7-13(19(15)24-2)11-17(26-12-18(22)23)20-21-14-8-4-5-10-16(14)27-20/h4-11H,3,12H2,1-2H3,(H,22,23)/b17-11-. The average Bonchev–Trinajstić information content (AvgIpc) is 3.09. The molecule has 5 nitrogen and oxygen atoms in total. The van der Waals surface area contributed by atoms with Gasteiger partial charge in [-0.05, 0) is 31.2 Å². The van der Waals surface area contributed by atoms with Crippen molar-refractivity contribution in [2.24, 2.45) is 0 Å². The zero-order valence-electron chi connectivity index (χ0n) is 15.0. The van der Waals surface area contributed by atoms with Crippen molar-refractivity contribution in [3.63, 3.8) is 0 Å². The fourth-order valence-electron chi connectivity index (χ4n) is 2.56. The Balaban J connectivity index is 2.07. The summed E-state index contributed by atoms with van der Waals surface area (Å²) in [6.45, 7) is 2.44. The largest absolute Gasteiger partial charge is 0.492 e. The summed E-state index contributed by atoms with van der Waals surface area (Å²) >= 11 is 2.78. The molecule has 0 saturated carbocycles. The van der Waals surface area contributed by atoms with E-state index < -0.39 is 5.97 Å². The fraction of sp³-hybridized carbons (Fsp3) is 0.200. The number of hydrogen-bond donors (Lipinski definition) is 1. The molecule has 140 valence electrons. The van der Waals surface area contributed by atoms with Gasteiger partial charge >= 0.3 is 5.97 Å². The maximum Gasteiger partial charge on any atom is 0.313 e. The van der Waals surface area contributed by atoms with E-state index in [0.29, 0.717) is 18.1 Å². The van der Waals surface area contributed by atoms with E-state index in [-0.39, 0.29) is 5.75 Å². The van der Waals surface area contributed by atoms with E-state index in [1.165, 1.54) is 23.1 Å². The van der Waals surface area contributed by atoms with Crippen molar-refractivity contribution >= 4 is 50.3 Å². The van der Waals surface area contributed by atoms with Gasteiger partial charge in [0.1, 0.15) is 5.01 Å². The van der Waals surface area contributed by atoms with Crippen LogP contribution in [-0.4, -0.2) is 35.5 Å². The molecule has 0 spiro atoms. The first-order chi connectivity index (χ1) is 13.1. The first-order valence-electron chi connectivity index (χ1n) is 8.34. The van der Waals surface area contributed by atoms with Gasteiger partial charge in [0.25, 0.3) is 0 Å². The molecule has 2 aromatic carbocycles. The van der Waals surface area contributed by atoms with E-state index in [9.17, 15) is 4.79 Å². The zero-order valence-corrected chi connectivity index (χ0v) is 16.6. The van der Waals surface area contributed by atoms with Crippen LogP contribution < -0.4 is 9.47 Å². The van der Waals surface area contributed by atoms with Gasteiger partial charge in [-0.1, -0.05) is 24.3 Å². The van der Waals surface area contributed by atoms with E-state index in [2.05, 4.69) is 4.98 Å². The van der Waals surface area contributed by atoms with E-state index >= 15 is 0 Å². The van der Waals surface area contributed by atoms with Gasteiger partial charge in [-0.3, -0.25) is 4.79 Å². The molecule has 1 aromatic heterocycles. The topological polar surface area (TPSA) is 68.7 Å². The Morgan fingerprint density at radius 2 is 2.07 bits per heavy atom. The van der Waals surface area contributed by atoms with Crippen LogP contribution in [0.4, 0.5) is 0 Å². The number of carboxylic acids is 1. The van der Waals surface area contributed by atoms with Gasteiger partial charge in [-0.25, -0.2) is 4.98 Å². The lowest BCUT2D eigenvalue weighted by Crippen LogP contribution is -1.99. The van der Waals surface area contributed by atoms with Gasteiger partial charge in [-0.15, -0.1) is 23.1 Å². The average molecular weight is 402 g/mol. The molecule has 3 rings (SSSR count). The molecule has 0 aliphatic rings. The Kier molecular flexibility index (Phi) is 6.36. The number of hydrogen-bond acceptors (Lipinski definition) is 6. The number of rotatable bonds is 8. The second-order valence-corrected chi connectivity index (χ2v) is 7.54. The van der Waals surface area contributed by atoms with Crippen LogP contribution in [0.2, 0.25) is 0 Å². The van der Waals surface area contributed by atoms with Crippen LogP contribution in [0.3, 0.4) is 0 Å². The van der Waals surface area contributed by atoms with Crippen LogP contribution in [0.15, 0.2) is 42.5 Å². The molecule has 0 radical (unpaired) electrons. The quantitative estimate of drug-likeness (QED) is 0.572. The summed E-state index contributed by atoms with van der Waals surface area (Å²) in [5, 5.41) is 9.90. The van der Waals surface area contributed by atoms with Crippen LogP contribution in [0.1, 0.15) is 17.5 Å². The normalized spacial score (nSPS) is 11.6. The summed E-state index contributed by atoms with van der Waals surface area (Å²) < 4.78 is 12.2. The highest BCUT2D eigenvalue weighted by atomic mass is 32.2. The summed E-state index contributed by atoms with van der Waals surface area (Å²) in [7, 11) is 1.59. The van der Waals surface area contributed by atoms with Gasteiger partial charge in [0.05, 0.1) is 29.7 Å². The predicted molar refractivity (Wildman–Crippen MR) is 112 cm³/mol. The Hall–Kier alpha value is -2.51. The fourth-order valence-corrected chi connectivity index (χ4v) is 4.39. The Morgan fingerprint density at radius 3 is 2.78 bits per heavy atom.